The van der Waals surface area contributed by atoms with E-state index in [2.05, 4.69) is 10.1 Å². The maximum Gasteiger partial charge on any atom is 0.383 e. The number of nitro groups is 1. The highest BCUT2D eigenvalue weighted by molar-refractivity contribution is 7.86. The van der Waals surface area contributed by atoms with E-state index in [4.69, 9.17) is 4.18 Å². The Balaban J connectivity index is 0.000000177. The van der Waals surface area contributed by atoms with Crippen LogP contribution in [0.2, 0.25) is 0 Å². The lowest BCUT2D eigenvalue weighted by molar-refractivity contribution is -0.574. The molecule has 0 saturated carbocycles. The normalized spacial score (nSPS) is 20.5. The molecule has 0 aromatic heterocycles. The van der Waals surface area contributed by atoms with Gasteiger partial charge in [0.2, 0.25) is 0 Å². The summed E-state index contributed by atoms with van der Waals surface area (Å²) in [7, 11) is -3.25. The fourth-order valence-corrected chi connectivity index (χ4v) is 3.01. The Kier molecular flexibility index (Phi) is 5.86. The summed E-state index contributed by atoms with van der Waals surface area (Å²) < 4.78 is 30.7. The van der Waals surface area contributed by atoms with Crippen LogP contribution < -0.4 is 5.32 Å². The topological polar surface area (TPSA) is 125 Å². The lowest BCUT2D eigenvalue weighted by Gasteiger charge is -2.21. The number of nitrogens with one attached hydrogen (secondary N) is 1. The number of esters is 1. The van der Waals surface area contributed by atoms with Crippen molar-refractivity contribution >= 4 is 16.1 Å². The van der Waals surface area contributed by atoms with E-state index in [1.807, 2.05) is 0 Å². The lowest BCUT2D eigenvalue weighted by Crippen LogP contribution is -2.33. The van der Waals surface area contributed by atoms with Crippen LogP contribution in [0.4, 0.5) is 0 Å². The Bertz CT molecular complexity index is 696. The first kappa shape index (κ1) is 18.3. The first-order valence-corrected chi connectivity index (χ1v) is 9.11. The van der Waals surface area contributed by atoms with Gasteiger partial charge in [-0.25, -0.2) is 4.79 Å². The molecule has 0 spiro atoms. The van der Waals surface area contributed by atoms with Crippen molar-refractivity contribution in [3.8, 4) is 0 Å². The molecule has 1 atom stereocenters. The summed E-state index contributed by atoms with van der Waals surface area (Å²) >= 11 is 0. The second-order valence-electron chi connectivity index (χ2n) is 5.41. The summed E-state index contributed by atoms with van der Waals surface area (Å²) in [5, 5.41) is 13.6. The maximum absolute atomic E-state index is 11.1. The molecule has 1 aromatic rings. The molecule has 1 N–H and O–H groups in total. The highest BCUT2D eigenvalue weighted by Gasteiger charge is 2.31. The zero-order chi connectivity index (χ0) is 17.7. The van der Waals surface area contributed by atoms with Crippen LogP contribution in [0, 0.1) is 10.1 Å². The standard InChI is InChI=1S/C8H5NO4.C6H13NO3S/c10-8-6-3-1-5(2-4-6)7(13-8)9(11)12;1-11(8,9)10-6-2-4-7-5-3-6/h1-4,7H;6-7H,2-5H2,1H3. The number of carbonyl (C=O) groups is 1. The number of hydrogen-bond acceptors (Lipinski definition) is 8. The fourth-order valence-electron chi connectivity index (χ4n) is 2.32. The smallest absolute Gasteiger partial charge is 0.383 e. The molecule has 9 nitrogen and oxygen atoms in total. The number of rotatable bonds is 3. The van der Waals surface area contributed by atoms with Crippen LogP contribution in [0.25, 0.3) is 0 Å². The largest absolute Gasteiger partial charge is 0.390 e. The summed E-state index contributed by atoms with van der Waals surface area (Å²) in [5.41, 5.74) is 0.729. The molecule has 10 heteroatoms. The minimum atomic E-state index is -3.25. The van der Waals surface area contributed by atoms with Gasteiger partial charge >= 0.3 is 12.2 Å². The number of ether oxygens (including phenoxy) is 1. The van der Waals surface area contributed by atoms with Gasteiger partial charge in [0.15, 0.2) is 0 Å². The zero-order valence-electron chi connectivity index (χ0n) is 13.0. The van der Waals surface area contributed by atoms with Gasteiger partial charge in [-0.3, -0.25) is 14.3 Å². The summed E-state index contributed by atoms with van der Waals surface area (Å²) in [6.07, 6.45) is 1.20. The average Bonchev–Trinajstić information content (AvgIpc) is 2.77. The molecule has 3 aliphatic rings. The number of hydrogen-bond donors (Lipinski definition) is 1. The van der Waals surface area contributed by atoms with E-state index >= 15 is 0 Å². The van der Waals surface area contributed by atoms with E-state index in [0.717, 1.165) is 32.2 Å². The molecule has 0 aliphatic carbocycles. The summed E-state index contributed by atoms with van der Waals surface area (Å²) in [6.45, 7) is 1.69. The van der Waals surface area contributed by atoms with Crippen LogP contribution in [0.5, 0.6) is 0 Å². The van der Waals surface area contributed by atoms with Crippen LogP contribution in [-0.2, 0) is 19.0 Å². The molecular formula is C14H18N2O7S. The zero-order valence-corrected chi connectivity index (χ0v) is 13.8. The average molecular weight is 358 g/mol. The molecule has 1 fully saturated rings. The Morgan fingerprint density at radius 1 is 1.25 bits per heavy atom. The van der Waals surface area contributed by atoms with Gasteiger partial charge in [-0.1, -0.05) is 0 Å². The molecule has 3 heterocycles. The molecule has 1 unspecified atom stereocenters. The van der Waals surface area contributed by atoms with Crippen molar-refractivity contribution in [3.05, 3.63) is 45.5 Å². The van der Waals surface area contributed by atoms with Gasteiger partial charge in [0, 0.05) is 0 Å². The van der Waals surface area contributed by atoms with Crippen LogP contribution >= 0.6 is 0 Å². The van der Waals surface area contributed by atoms with E-state index in [9.17, 15) is 23.3 Å². The van der Waals surface area contributed by atoms with Gasteiger partial charge in [0.1, 0.15) is 0 Å². The third-order valence-corrected chi connectivity index (χ3v) is 4.06. The van der Waals surface area contributed by atoms with Crippen LogP contribution in [0.1, 0.15) is 35.0 Å². The molecule has 1 saturated heterocycles. The van der Waals surface area contributed by atoms with Crippen molar-refractivity contribution in [2.45, 2.75) is 25.2 Å². The highest BCUT2D eigenvalue weighted by Crippen LogP contribution is 2.24. The molecule has 1 aromatic carbocycles. The van der Waals surface area contributed by atoms with Crippen LogP contribution in [0.3, 0.4) is 0 Å². The van der Waals surface area contributed by atoms with Gasteiger partial charge in [-0.2, -0.15) is 8.42 Å². The van der Waals surface area contributed by atoms with E-state index in [1.165, 1.54) is 24.3 Å². The minimum Gasteiger partial charge on any atom is -0.390 e. The Labute approximate surface area is 139 Å². The predicted octanol–water partition coefficient (Wildman–Crippen LogP) is 0.847. The van der Waals surface area contributed by atoms with Crippen molar-refractivity contribution in [3.63, 3.8) is 0 Å². The molecule has 0 radical (unpaired) electrons. The Morgan fingerprint density at radius 2 is 1.83 bits per heavy atom. The van der Waals surface area contributed by atoms with Gasteiger partial charge in [0.25, 0.3) is 10.1 Å². The first-order valence-electron chi connectivity index (χ1n) is 7.29. The molecular weight excluding hydrogens is 340 g/mol. The van der Waals surface area contributed by atoms with E-state index < -0.39 is 27.2 Å². The van der Waals surface area contributed by atoms with Gasteiger partial charge in [0.05, 0.1) is 28.4 Å². The Hall–Kier alpha value is -2.04. The van der Waals surface area contributed by atoms with E-state index in [1.54, 1.807) is 0 Å². The van der Waals surface area contributed by atoms with Crippen molar-refractivity contribution < 1.29 is 27.1 Å². The van der Waals surface area contributed by atoms with Crippen LogP contribution in [-0.4, -0.2) is 44.8 Å². The number of nitrogens with zero attached hydrogens (tertiary/aromatic N) is 1. The van der Waals surface area contributed by atoms with Crippen molar-refractivity contribution in [1.29, 1.82) is 0 Å². The number of benzene rings is 1. The summed E-state index contributed by atoms with van der Waals surface area (Å²) in [5.74, 6) is -0.651. The second-order valence-corrected chi connectivity index (χ2v) is 7.02. The second kappa shape index (κ2) is 7.69. The molecule has 24 heavy (non-hydrogen) atoms. The van der Waals surface area contributed by atoms with Gasteiger partial charge in [-0.05, 0) is 50.2 Å². The third-order valence-electron chi connectivity index (χ3n) is 3.44. The number of fused-ring (bicyclic) bond motifs is 4. The molecule has 0 amide bonds. The lowest BCUT2D eigenvalue weighted by atomic mass is 10.1. The monoisotopic (exact) mass is 358 g/mol. The van der Waals surface area contributed by atoms with Crippen molar-refractivity contribution in [2.75, 3.05) is 19.3 Å². The SMILES string of the molecule is CS(=O)(=O)OC1CCNCC1.O=C1OC([N+](=O)[O-])c2ccc1cc2. The molecule has 4 rings (SSSR count). The molecule has 132 valence electrons. The minimum absolute atomic E-state index is 0.105. The Morgan fingerprint density at radius 3 is 2.33 bits per heavy atom. The van der Waals surface area contributed by atoms with E-state index in [0.29, 0.717) is 11.1 Å². The highest BCUT2D eigenvalue weighted by atomic mass is 32.2. The van der Waals surface area contributed by atoms with Gasteiger partial charge in [-0.15, -0.1) is 0 Å². The molecule has 3 aliphatic heterocycles. The summed E-state index contributed by atoms with van der Waals surface area (Å²) in [4.78, 5) is 20.9. The fraction of sp³-hybridized carbons (Fsp3) is 0.500. The quantitative estimate of drug-likeness (QED) is 0.365. The maximum atomic E-state index is 11.1. The van der Waals surface area contributed by atoms with Gasteiger partial charge < -0.3 is 10.1 Å². The summed E-state index contributed by atoms with van der Waals surface area (Å²) in [6, 6.07) is 6.07. The van der Waals surface area contributed by atoms with Crippen molar-refractivity contribution in [1.82, 2.24) is 5.32 Å². The van der Waals surface area contributed by atoms with Crippen molar-refractivity contribution in [2.24, 2.45) is 0 Å². The third kappa shape index (κ3) is 5.25. The van der Waals surface area contributed by atoms with E-state index in [-0.39, 0.29) is 6.10 Å². The first-order chi connectivity index (χ1) is 11.3. The van der Waals surface area contributed by atoms with Crippen LogP contribution in [0.15, 0.2) is 24.3 Å². The number of carbonyl (C=O) groups excluding carboxylic acids is 1. The number of piperidine rings is 1. The predicted molar refractivity (Wildman–Crippen MR) is 83.4 cm³/mol. The molecule has 2 bridgehead atoms.